The number of benzene rings is 1. The summed E-state index contributed by atoms with van der Waals surface area (Å²) in [7, 11) is 0. The molecule has 0 bridgehead atoms. The molecule has 1 fully saturated rings. The fourth-order valence-corrected chi connectivity index (χ4v) is 3.34. The third kappa shape index (κ3) is 5.76. The fourth-order valence-electron chi connectivity index (χ4n) is 3.34. The first-order valence-corrected chi connectivity index (χ1v) is 10.2. The molecule has 28 heavy (non-hydrogen) atoms. The Morgan fingerprint density at radius 3 is 2.50 bits per heavy atom. The number of anilines is 1. The normalized spacial score (nSPS) is 15.1. The predicted octanol–water partition coefficient (Wildman–Crippen LogP) is 3.20. The summed E-state index contributed by atoms with van der Waals surface area (Å²) in [6, 6.07) is 12.3. The predicted molar refractivity (Wildman–Crippen MR) is 112 cm³/mol. The zero-order valence-corrected chi connectivity index (χ0v) is 17.2. The van der Waals surface area contributed by atoms with Crippen LogP contribution in [0.1, 0.15) is 42.0 Å². The summed E-state index contributed by atoms with van der Waals surface area (Å²) < 4.78 is 0. The van der Waals surface area contributed by atoms with E-state index in [1.807, 2.05) is 17.9 Å². The number of nitrogens with one attached hydrogen (secondary N) is 1. The molecule has 1 aliphatic heterocycles. The van der Waals surface area contributed by atoms with Crippen LogP contribution in [0.4, 0.5) is 5.95 Å². The van der Waals surface area contributed by atoms with Crippen LogP contribution >= 0.6 is 0 Å². The van der Waals surface area contributed by atoms with Gasteiger partial charge >= 0.3 is 0 Å². The van der Waals surface area contributed by atoms with Crippen LogP contribution in [0.5, 0.6) is 0 Å². The van der Waals surface area contributed by atoms with E-state index in [1.54, 1.807) is 6.07 Å². The van der Waals surface area contributed by atoms with E-state index in [2.05, 4.69) is 58.3 Å². The molecule has 1 aromatic carbocycles. The Bertz CT molecular complexity index is 770. The van der Waals surface area contributed by atoms with E-state index in [9.17, 15) is 4.79 Å². The molecule has 0 radical (unpaired) electrons. The van der Waals surface area contributed by atoms with Gasteiger partial charge < -0.3 is 10.2 Å². The molecule has 0 saturated carbocycles. The molecule has 1 amide bonds. The van der Waals surface area contributed by atoms with E-state index in [-0.39, 0.29) is 5.91 Å². The number of amides is 1. The highest BCUT2D eigenvalue weighted by Gasteiger charge is 2.23. The van der Waals surface area contributed by atoms with Gasteiger partial charge in [-0.3, -0.25) is 9.69 Å². The van der Waals surface area contributed by atoms with Gasteiger partial charge in [0.2, 0.25) is 5.95 Å². The van der Waals surface area contributed by atoms with E-state index in [0.717, 1.165) is 51.4 Å². The van der Waals surface area contributed by atoms with Crippen molar-refractivity contribution >= 4 is 11.9 Å². The van der Waals surface area contributed by atoms with Crippen molar-refractivity contribution < 1.29 is 4.79 Å². The smallest absolute Gasteiger partial charge is 0.272 e. The second kappa shape index (κ2) is 9.64. The monoisotopic (exact) mass is 381 g/mol. The van der Waals surface area contributed by atoms with Gasteiger partial charge in [0.25, 0.3) is 5.91 Å². The van der Waals surface area contributed by atoms with Crippen LogP contribution in [0.15, 0.2) is 36.4 Å². The average molecular weight is 382 g/mol. The highest BCUT2D eigenvalue weighted by atomic mass is 16.2. The third-order valence-electron chi connectivity index (χ3n) is 4.99. The summed E-state index contributed by atoms with van der Waals surface area (Å²) in [5.74, 6) is 1.16. The largest absolute Gasteiger partial charge is 0.354 e. The van der Waals surface area contributed by atoms with Crippen LogP contribution in [0, 0.1) is 12.8 Å². The van der Waals surface area contributed by atoms with E-state index in [0.29, 0.717) is 17.6 Å². The lowest BCUT2D eigenvalue weighted by atomic mass is 10.1. The maximum atomic E-state index is 12.9. The van der Waals surface area contributed by atoms with Gasteiger partial charge in [-0.25, -0.2) is 9.97 Å². The number of piperazine rings is 1. The molecule has 0 atom stereocenters. The van der Waals surface area contributed by atoms with Crippen LogP contribution in [0.25, 0.3) is 0 Å². The van der Waals surface area contributed by atoms with Crippen LogP contribution < -0.4 is 5.32 Å². The van der Waals surface area contributed by atoms with E-state index in [4.69, 9.17) is 0 Å². The van der Waals surface area contributed by atoms with Crippen molar-refractivity contribution in [2.45, 2.75) is 33.7 Å². The Hall–Kier alpha value is -2.47. The number of nitrogens with zero attached hydrogens (tertiary/aromatic N) is 4. The van der Waals surface area contributed by atoms with Gasteiger partial charge in [-0.05, 0) is 30.9 Å². The molecule has 150 valence electrons. The Balaban J connectivity index is 1.56. The molecule has 6 heteroatoms. The third-order valence-corrected chi connectivity index (χ3v) is 4.99. The molecule has 0 spiro atoms. The molecule has 2 heterocycles. The lowest BCUT2D eigenvalue weighted by molar-refractivity contribution is 0.0622. The van der Waals surface area contributed by atoms with Crippen molar-refractivity contribution in [1.82, 2.24) is 19.8 Å². The summed E-state index contributed by atoms with van der Waals surface area (Å²) in [4.78, 5) is 26.1. The van der Waals surface area contributed by atoms with Crippen molar-refractivity contribution in [2.75, 3.05) is 38.0 Å². The summed E-state index contributed by atoms with van der Waals surface area (Å²) in [5, 5.41) is 3.25. The number of aryl methyl sites for hydroxylation is 1. The van der Waals surface area contributed by atoms with Gasteiger partial charge in [-0.15, -0.1) is 0 Å². The molecule has 1 saturated heterocycles. The number of carbonyl (C=O) groups is 1. The number of carbonyl (C=O) groups excluding carboxylic acids is 1. The maximum Gasteiger partial charge on any atom is 0.272 e. The molecular weight excluding hydrogens is 350 g/mol. The number of hydrogen-bond donors (Lipinski definition) is 1. The minimum absolute atomic E-state index is 0.00299. The van der Waals surface area contributed by atoms with E-state index >= 15 is 0 Å². The van der Waals surface area contributed by atoms with Crippen molar-refractivity contribution in [3.05, 3.63) is 53.3 Å². The van der Waals surface area contributed by atoms with Gasteiger partial charge in [0.1, 0.15) is 5.69 Å². The van der Waals surface area contributed by atoms with Crippen LogP contribution in [0.2, 0.25) is 0 Å². The minimum Gasteiger partial charge on any atom is -0.354 e. The zero-order valence-electron chi connectivity index (χ0n) is 17.2. The number of aromatic nitrogens is 2. The highest BCUT2D eigenvalue weighted by molar-refractivity contribution is 5.92. The Morgan fingerprint density at radius 1 is 1.11 bits per heavy atom. The summed E-state index contributed by atoms with van der Waals surface area (Å²) in [6.07, 6.45) is 1.05. The van der Waals surface area contributed by atoms with Gasteiger partial charge in [0, 0.05) is 45.0 Å². The molecular formula is C22H31N5O. The lowest BCUT2D eigenvalue weighted by Gasteiger charge is -2.34. The molecule has 1 aromatic heterocycles. The molecule has 0 aliphatic carbocycles. The fraction of sp³-hybridized carbons (Fsp3) is 0.500. The van der Waals surface area contributed by atoms with Crippen LogP contribution in [-0.2, 0) is 6.54 Å². The average Bonchev–Trinajstić information content (AvgIpc) is 2.68. The van der Waals surface area contributed by atoms with E-state index in [1.165, 1.54) is 5.56 Å². The molecule has 2 aromatic rings. The summed E-state index contributed by atoms with van der Waals surface area (Å²) in [5.41, 5.74) is 2.61. The second-order valence-corrected chi connectivity index (χ2v) is 7.88. The van der Waals surface area contributed by atoms with Gasteiger partial charge in [-0.1, -0.05) is 44.2 Å². The van der Waals surface area contributed by atoms with E-state index < -0.39 is 0 Å². The first-order valence-electron chi connectivity index (χ1n) is 10.2. The topological polar surface area (TPSA) is 61.4 Å². The SMILES string of the molecule is Cc1cc(C(=O)N2CCN(Cc3ccccc3)CC2)nc(NCCC(C)C)n1. The Labute approximate surface area is 168 Å². The quantitative estimate of drug-likeness (QED) is 0.798. The van der Waals surface area contributed by atoms with Crippen molar-refractivity contribution in [1.29, 1.82) is 0 Å². The molecule has 0 unspecified atom stereocenters. The Morgan fingerprint density at radius 2 is 1.82 bits per heavy atom. The van der Waals surface area contributed by atoms with Crippen LogP contribution in [-0.4, -0.2) is 58.4 Å². The van der Waals surface area contributed by atoms with Crippen molar-refractivity contribution in [2.24, 2.45) is 5.92 Å². The lowest BCUT2D eigenvalue weighted by Crippen LogP contribution is -2.48. The van der Waals surface area contributed by atoms with Gasteiger partial charge in [0.15, 0.2) is 0 Å². The summed E-state index contributed by atoms with van der Waals surface area (Å²) in [6.45, 7) is 11.2. The summed E-state index contributed by atoms with van der Waals surface area (Å²) >= 11 is 0. The van der Waals surface area contributed by atoms with Gasteiger partial charge in [-0.2, -0.15) is 0 Å². The van der Waals surface area contributed by atoms with Gasteiger partial charge in [0.05, 0.1) is 0 Å². The maximum absolute atomic E-state index is 12.9. The molecule has 6 nitrogen and oxygen atoms in total. The van der Waals surface area contributed by atoms with Crippen molar-refractivity contribution in [3.63, 3.8) is 0 Å². The molecule has 1 N–H and O–H groups in total. The Kier molecular flexibility index (Phi) is 6.98. The first-order chi connectivity index (χ1) is 13.5. The number of rotatable bonds is 7. The van der Waals surface area contributed by atoms with Crippen molar-refractivity contribution in [3.8, 4) is 0 Å². The second-order valence-electron chi connectivity index (χ2n) is 7.88. The molecule has 3 rings (SSSR count). The zero-order chi connectivity index (χ0) is 19.9. The standard InChI is InChI=1S/C22H31N5O/c1-17(2)9-10-23-22-24-18(3)15-20(25-22)21(28)27-13-11-26(12-14-27)16-19-7-5-4-6-8-19/h4-8,15,17H,9-14,16H2,1-3H3,(H,23,24,25). The number of hydrogen-bond acceptors (Lipinski definition) is 5. The minimum atomic E-state index is -0.00299. The molecule has 1 aliphatic rings. The first kappa shape index (κ1) is 20.3. The van der Waals surface area contributed by atoms with Crippen LogP contribution in [0.3, 0.4) is 0 Å². The highest BCUT2D eigenvalue weighted by Crippen LogP contribution is 2.13.